The summed E-state index contributed by atoms with van der Waals surface area (Å²) in [7, 11) is 3.06. The molecule has 1 aromatic heterocycles. The van der Waals surface area contributed by atoms with Crippen LogP contribution in [0.25, 0.3) is 0 Å². The van der Waals surface area contributed by atoms with Crippen molar-refractivity contribution in [1.82, 2.24) is 4.98 Å². The molecule has 0 unspecified atom stereocenters. The Morgan fingerprint density at radius 2 is 1.61 bits per heavy atom. The van der Waals surface area contributed by atoms with Crippen molar-refractivity contribution in [3.63, 3.8) is 0 Å². The Bertz CT molecular complexity index is 991. The predicted molar refractivity (Wildman–Crippen MR) is 101 cm³/mol. The van der Waals surface area contributed by atoms with Gasteiger partial charge in [-0.15, -0.1) is 0 Å². The van der Waals surface area contributed by atoms with E-state index in [2.05, 4.69) is 15.6 Å². The summed E-state index contributed by atoms with van der Waals surface area (Å²) in [6, 6.07) is 11.7. The monoisotopic (exact) mass is 385 g/mol. The van der Waals surface area contributed by atoms with Gasteiger partial charge >= 0.3 is 0 Å². The maximum absolute atomic E-state index is 13.7. The first-order chi connectivity index (χ1) is 13.5. The second kappa shape index (κ2) is 8.34. The number of aromatic nitrogens is 1. The van der Waals surface area contributed by atoms with Gasteiger partial charge in [0, 0.05) is 23.6 Å². The molecule has 0 aliphatic carbocycles. The highest BCUT2D eigenvalue weighted by Gasteiger charge is 2.15. The molecule has 1 amide bonds. The topological polar surface area (TPSA) is 72.5 Å². The lowest BCUT2D eigenvalue weighted by atomic mass is 10.2. The van der Waals surface area contributed by atoms with E-state index in [4.69, 9.17) is 9.47 Å². The third kappa shape index (κ3) is 4.17. The van der Waals surface area contributed by atoms with Crippen LogP contribution < -0.4 is 20.1 Å². The molecular formula is C20H17F2N3O3. The molecule has 2 N–H and O–H groups in total. The number of carbonyl (C=O) groups is 1. The molecule has 0 saturated heterocycles. The molecule has 3 aromatic rings. The van der Waals surface area contributed by atoms with Crippen molar-refractivity contribution in [1.29, 1.82) is 0 Å². The number of hydrogen-bond donors (Lipinski definition) is 2. The fraction of sp³-hybridized carbons (Fsp3) is 0.100. The molecule has 0 spiro atoms. The summed E-state index contributed by atoms with van der Waals surface area (Å²) in [5.41, 5.74) is 0.720. The van der Waals surface area contributed by atoms with Crippen molar-refractivity contribution >= 4 is 23.0 Å². The van der Waals surface area contributed by atoms with Crippen LogP contribution >= 0.6 is 0 Å². The molecule has 6 nitrogen and oxygen atoms in total. The lowest BCUT2D eigenvalue weighted by Crippen LogP contribution is -2.16. The first-order valence-electron chi connectivity index (χ1n) is 8.22. The van der Waals surface area contributed by atoms with Crippen LogP contribution in [0, 0.1) is 11.6 Å². The number of hydrogen-bond acceptors (Lipinski definition) is 5. The summed E-state index contributed by atoms with van der Waals surface area (Å²) in [4.78, 5) is 16.3. The summed E-state index contributed by atoms with van der Waals surface area (Å²) in [5.74, 6) is -1.36. The number of ether oxygens (including phenoxy) is 2. The van der Waals surface area contributed by atoms with E-state index in [1.54, 1.807) is 24.3 Å². The summed E-state index contributed by atoms with van der Waals surface area (Å²) >= 11 is 0. The van der Waals surface area contributed by atoms with E-state index >= 15 is 0 Å². The summed E-state index contributed by atoms with van der Waals surface area (Å²) in [6.07, 6.45) is 1.41. The van der Waals surface area contributed by atoms with Gasteiger partial charge in [0.1, 0.15) is 23.0 Å². The van der Waals surface area contributed by atoms with E-state index in [0.717, 1.165) is 12.1 Å². The summed E-state index contributed by atoms with van der Waals surface area (Å²) < 4.78 is 37.9. The number of benzene rings is 2. The zero-order valence-electron chi connectivity index (χ0n) is 15.1. The molecule has 28 heavy (non-hydrogen) atoms. The maximum Gasteiger partial charge on any atom is 0.274 e. The van der Waals surface area contributed by atoms with Crippen molar-refractivity contribution in [3.8, 4) is 11.5 Å². The van der Waals surface area contributed by atoms with Gasteiger partial charge in [-0.25, -0.2) is 8.78 Å². The number of carbonyl (C=O) groups excluding carboxylic acids is 1. The molecule has 0 bridgehead atoms. The number of pyridine rings is 1. The molecule has 144 valence electrons. The number of rotatable bonds is 6. The number of anilines is 3. The fourth-order valence-corrected chi connectivity index (χ4v) is 2.51. The predicted octanol–water partition coefficient (Wildman–Crippen LogP) is 4.37. The Labute approximate surface area is 160 Å². The number of methoxy groups -OCH3 is 2. The van der Waals surface area contributed by atoms with Crippen molar-refractivity contribution in [2.75, 3.05) is 24.9 Å². The van der Waals surface area contributed by atoms with E-state index in [0.29, 0.717) is 22.9 Å². The van der Waals surface area contributed by atoms with Gasteiger partial charge in [-0.3, -0.25) is 9.78 Å². The van der Waals surface area contributed by atoms with Crippen molar-refractivity contribution in [2.24, 2.45) is 0 Å². The average molecular weight is 385 g/mol. The van der Waals surface area contributed by atoms with Crippen LogP contribution in [0.3, 0.4) is 0 Å². The molecule has 0 saturated carbocycles. The third-order valence-electron chi connectivity index (χ3n) is 3.87. The quantitative estimate of drug-likeness (QED) is 0.659. The van der Waals surface area contributed by atoms with E-state index in [-0.39, 0.29) is 5.69 Å². The fourth-order valence-electron chi connectivity index (χ4n) is 2.51. The number of amides is 1. The highest BCUT2D eigenvalue weighted by atomic mass is 19.1. The Morgan fingerprint density at radius 3 is 2.29 bits per heavy atom. The van der Waals surface area contributed by atoms with Gasteiger partial charge in [-0.2, -0.15) is 0 Å². The minimum atomic E-state index is -0.868. The lowest BCUT2D eigenvalue weighted by Gasteiger charge is -2.12. The van der Waals surface area contributed by atoms with Crippen LogP contribution in [0.2, 0.25) is 0 Å². The van der Waals surface area contributed by atoms with Gasteiger partial charge in [0.2, 0.25) is 0 Å². The lowest BCUT2D eigenvalue weighted by molar-refractivity contribution is 0.102. The molecule has 0 radical (unpaired) electrons. The Kier molecular flexibility index (Phi) is 5.69. The number of nitrogens with zero attached hydrogens (tertiary/aromatic N) is 1. The smallest absolute Gasteiger partial charge is 0.274 e. The van der Waals surface area contributed by atoms with Gasteiger partial charge in [-0.1, -0.05) is 6.07 Å². The third-order valence-corrected chi connectivity index (χ3v) is 3.87. The minimum Gasteiger partial charge on any atom is -0.493 e. The molecule has 0 aliphatic heterocycles. The molecule has 0 fully saturated rings. The Hall–Kier alpha value is -3.68. The zero-order valence-corrected chi connectivity index (χ0v) is 15.1. The van der Waals surface area contributed by atoms with E-state index in [9.17, 15) is 13.6 Å². The molecule has 3 rings (SSSR count). The Balaban J connectivity index is 1.80. The van der Waals surface area contributed by atoms with Gasteiger partial charge in [0.15, 0.2) is 11.5 Å². The first kappa shape index (κ1) is 19.1. The largest absolute Gasteiger partial charge is 0.493 e. The van der Waals surface area contributed by atoms with Gasteiger partial charge < -0.3 is 20.1 Å². The van der Waals surface area contributed by atoms with Crippen LogP contribution in [-0.4, -0.2) is 25.1 Å². The number of para-hydroxylation sites is 1. The minimum absolute atomic E-state index is 0.00636. The van der Waals surface area contributed by atoms with E-state index < -0.39 is 23.2 Å². The van der Waals surface area contributed by atoms with Gasteiger partial charge in [0.25, 0.3) is 5.91 Å². The Morgan fingerprint density at radius 1 is 0.929 bits per heavy atom. The summed E-state index contributed by atoms with van der Waals surface area (Å²) in [5, 5.41) is 5.31. The molecule has 0 aliphatic rings. The number of halogens is 2. The van der Waals surface area contributed by atoms with Crippen molar-refractivity contribution in [2.45, 2.75) is 0 Å². The van der Waals surface area contributed by atoms with Crippen LogP contribution in [0.4, 0.5) is 25.8 Å². The maximum atomic E-state index is 13.7. The molecule has 1 heterocycles. The molecule has 8 heteroatoms. The van der Waals surface area contributed by atoms with E-state index in [1.807, 2.05) is 0 Å². The SMILES string of the molecule is COc1ccc(Nc2ccnc(C(=O)Nc3c(F)cccc3F)c2)cc1OC. The summed E-state index contributed by atoms with van der Waals surface area (Å²) in [6.45, 7) is 0. The van der Waals surface area contributed by atoms with Crippen LogP contribution in [0.5, 0.6) is 11.5 Å². The normalized spacial score (nSPS) is 10.3. The standard InChI is InChI=1S/C20H17F2N3O3/c1-27-17-7-6-12(11-18(17)28-2)24-13-8-9-23-16(10-13)20(26)25-19-14(21)4-3-5-15(19)22/h3-11H,1-2H3,(H,23,24)(H,25,26). The second-order valence-electron chi connectivity index (χ2n) is 5.68. The molecule has 0 atom stereocenters. The first-order valence-corrected chi connectivity index (χ1v) is 8.22. The number of nitrogens with one attached hydrogen (secondary N) is 2. The average Bonchev–Trinajstić information content (AvgIpc) is 2.70. The van der Waals surface area contributed by atoms with Gasteiger partial charge in [-0.05, 0) is 36.4 Å². The zero-order chi connectivity index (χ0) is 20.1. The van der Waals surface area contributed by atoms with Crippen LogP contribution in [0.1, 0.15) is 10.5 Å². The molecular weight excluding hydrogens is 368 g/mol. The van der Waals surface area contributed by atoms with Crippen molar-refractivity contribution < 1.29 is 23.0 Å². The highest BCUT2D eigenvalue weighted by molar-refractivity contribution is 6.03. The van der Waals surface area contributed by atoms with Crippen LogP contribution in [0.15, 0.2) is 54.7 Å². The second-order valence-corrected chi connectivity index (χ2v) is 5.68. The van der Waals surface area contributed by atoms with E-state index in [1.165, 1.54) is 32.5 Å². The van der Waals surface area contributed by atoms with Crippen molar-refractivity contribution in [3.05, 3.63) is 72.1 Å². The highest BCUT2D eigenvalue weighted by Crippen LogP contribution is 2.31. The molecule has 2 aromatic carbocycles. The van der Waals surface area contributed by atoms with Gasteiger partial charge in [0.05, 0.1) is 14.2 Å². The van der Waals surface area contributed by atoms with Crippen LogP contribution in [-0.2, 0) is 0 Å².